The monoisotopic (exact) mass is 586 g/mol. The summed E-state index contributed by atoms with van der Waals surface area (Å²) >= 11 is 0. The van der Waals surface area contributed by atoms with Gasteiger partial charge in [0.25, 0.3) is 0 Å². The predicted octanol–water partition coefficient (Wildman–Crippen LogP) is 11.3. The van der Waals surface area contributed by atoms with Gasteiger partial charge < -0.3 is 4.42 Å². The molecule has 214 valence electrons. The van der Waals surface area contributed by atoms with Crippen molar-refractivity contribution in [2.45, 2.75) is 6.42 Å². The van der Waals surface area contributed by atoms with Crippen LogP contribution in [0.15, 0.2) is 150 Å². The van der Waals surface area contributed by atoms with Gasteiger partial charge in [-0.3, -0.25) is 0 Å². The molecule has 0 saturated heterocycles. The predicted molar refractivity (Wildman–Crippen MR) is 189 cm³/mol. The van der Waals surface area contributed by atoms with E-state index in [0.29, 0.717) is 5.82 Å². The van der Waals surface area contributed by atoms with Crippen molar-refractivity contribution in [1.29, 1.82) is 0 Å². The molecule has 0 radical (unpaired) electrons. The second-order valence-electron chi connectivity index (χ2n) is 12.1. The Labute approximate surface area is 265 Å². The molecule has 0 amide bonds. The molecular formula is C43H26N2O. The third-order valence-corrected chi connectivity index (χ3v) is 9.54. The van der Waals surface area contributed by atoms with Gasteiger partial charge in [-0.05, 0) is 74.8 Å². The van der Waals surface area contributed by atoms with E-state index in [4.69, 9.17) is 14.4 Å². The molecule has 0 bridgehead atoms. The molecule has 0 saturated carbocycles. The highest BCUT2D eigenvalue weighted by Crippen LogP contribution is 2.44. The first-order chi connectivity index (χ1) is 22.8. The van der Waals surface area contributed by atoms with Crippen LogP contribution < -0.4 is 0 Å². The molecule has 10 rings (SSSR count). The highest BCUT2D eigenvalue weighted by molar-refractivity contribution is 6.06. The van der Waals surface area contributed by atoms with E-state index in [9.17, 15) is 0 Å². The molecule has 46 heavy (non-hydrogen) atoms. The second kappa shape index (κ2) is 9.72. The van der Waals surface area contributed by atoms with Gasteiger partial charge in [0, 0.05) is 27.3 Å². The van der Waals surface area contributed by atoms with Crippen molar-refractivity contribution in [3.05, 3.63) is 157 Å². The summed E-state index contributed by atoms with van der Waals surface area (Å²) in [6.07, 6.45) is 0.966. The third-order valence-electron chi connectivity index (χ3n) is 9.54. The van der Waals surface area contributed by atoms with Gasteiger partial charge in [0.2, 0.25) is 0 Å². The van der Waals surface area contributed by atoms with E-state index >= 15 is 0 Å². The summed E-state index contributed by atoms with van der Waals surface area (Å²) in [4.78, 5) is 10.2. The van der Waals surface area contributed by atoms with Crippen molar-refractivity contribution in [3.63, 3.8) is 0 Å². The Kier molecular flexibility index (Phi) is 5.34. The number of hydrogen-bond donors (Lipinski definition) is 0. The Hall–Kier alpha value is -6.06. The summed E-state index contributed by atoms with van der Waals surface area (Å²) in [6.45, 7) is 0. The fourth-order valence-corrected chi connectivity index (χ4v) is 7.36. The van der Waals surface area contributed by atoms with E-state index in [-0.39, 0.29) is 0 Å². The molecular weight excluding hydrogens is 560 g/mol. The first-order valence-corrected chi connectivity index (χ1v) is 15.7. The SMILES string of the molecule is c1ccc2c(c1)Cc1c-2ccc2cccc(-c3ccc(-c4nc(-c5ccc6c(c5)oc5ccccc56)nc5ccccc45)cc3)c12. The van der Waals surface area contributed by atoms with Crippen molar-refractivity contribution in [2.75, 3.05) is 0 Å². The van der Waals surface area contributed by atoms with Crippen molar-refractivity contribution < 1.29 is 4.42 Å². The van der Waals surface area contributed by atoms with Crippen molar-refractivity contribution >= 4 is 43.6 Å². The van der Waals surface area contributed by atoms with Crippen LogP contribution in [0.2, 0.25) is 0 Å². The number of nitrogens with zero attached hydrogens (tertiary/aromatic N) is 2. The minimum absolute atomic E-state index is 0.685. The number of benzene rings is 7. The molecule has 0 aliphatic heterocycles. The van der Waals surface area contributed by atoms with E-state index < -0.39 is 0 Å². The molecule has 3 nitrogen and oxygen atoms in total. The number of hydrogen-bond acceptors (Lipinski definition) is 3. The van der Waals surface area contributed by atoms with Gasteiger partial charge in [-0.2, -0.15) is 0 Å². The molecule has 0 spiro atoms. The van der Waals surface area contributed by atoms with E-state index in [1.807, 2.05) is 24.3 Å². The lowest BCUT2D eigenvalue weighted by molar-refractivity contribution is 0.669. The highest BCUT2D eigenvalue weighted by Gasteiger charge is 2.22. The number of fused-ring (bicyclic) bond motifs is 9. The molecule has 1 aliphatic rings. The van der Waals surface area contributed by atoms with Crippen LogP contribution in [-0.2, 0) is 6.42 Å². The fraction of sp³-hybridized carbons (Fsp3) is 0.0233. The zero-order chi connectivity index (χ0) is 30.2. The number of aromatic nitrogens is 2. The summed E-state index contributed by atoms with van der Waals surface area (Å²) in [6, 6.07) is 51.6. The Morgan fingerprint density at radius 2 is 1.22 bits per heavy atom. The first-order valence-electron chi connectivity index (χ1n) is 15.7. The standard InChI is InChI=1S/C43H26N2O/c1-2-10-31-29(8-1)24-37-33(31)22-20-27-9-7-13-32(41(27)37)26-16-18-28(19-17-26)42-36-12-3-5-14-38(36)44-43(45-42)30-21-23-35-34-11-4-6-15-39(34)46-40(35)25-30/h1-23,25H,24H2. The van der Waals surface area contributed by atoms with Gasteiger partial charge in [0.1, 0.15) is 11.2 Å². The van der Waals surface area contributed by atoms with Crippen LogP contribution in [0, 0.1) is 0 Å². The van der Waals surface area contributed by atoms with Crippen LogP contribution in [0.3, 0.4) is 0 Å². The molecule has 3 heteroatoms. The molecule has 0 fully saturated rings. The highest BCUT2D eigenvalue weighted by atomic mass is 16.3. The lowest BCUT2D eigenvalue weighted by Crippen LogP contribution is -1.95. The van der Waals surface area contributed by atoms with Gasteiger partial charge in [-0.25, -0.2) is 9.97 Å². The average molecular weight is 587 g/mol. The smallest absolute Gasteiger partial charge is 0.160 e. The van der Waals surface area contributed by atoms with Gasteiger partial charge in [-0.1, -0.05) is 121 Å². The fourth-order valence-electron chi connectivity index (χ4n) is 7.36. The van der Waals surface area contributed by atoms with E-state index in [0.717, 1.165) is 56.1 Å². The van der Waals surface area contributed by atoms with E-state index in [1.54, 1.807) is 0 Å². The Morgan fingerprint density at radius 3 is 2.15 bits per heavy atom. The summed E-state index contributed by atoms with van der Waals surface area (Å²) in [5, 5.41) is 5.87. The molecule has 0 unspecified atom stereocenters. The molecule has 2 aromatic heterocycles. The maximum Gasteiger partial charge on any atom is 0.160 e. The second-order valence-corrected chi connectivity index (χ2v) is 12.1. The number of furan rings is 1. The zero-order valence-corrected chi connectivity index (χ0v) is 24.9. The summed E-state index contributed by atoms with van der Waals surface area (Å²) in [5.74, 6) is 0.685. The zero-order valence-electron chi connectivity index (χ0n) is 24.9. The van der Waals surface area contributed by atoms with Gasteiger partial charge >= 0.3 is 0 Å². The molecule has 0 N–H and O–H groups in total. The minimum Gasteiger partial charge on any atom is -0.456 e. The Bertz CT molecular complexity index is 2670. The lowest BCUT2D eigenvalue weighted by atomic mass is 9.91. The van der Waals surface area contributed by atoms with Crippen LogP contribution in [-0.4, -0.2) is 9.97 Å². The van der Waals surface area contributed by atoms with Crippen LogP contribution in [0.25, 0.3) is 88.5 Å². The maximum absolute atomic E-state index is 6.19. The van der Waals surface area contributed by atoms with Crippen molar-refractivity contribution in [2.24, 2.45) is 0 Å². The van der Waals surface area contributed by atoms with Crippen molar-refractivity contribution in [1.82, 2.24) is 9.97 Å². The molecule has 7 aromatic carbocycles. The first kappa shape index (κ1) is 25.3. The van der Waals surface area contributed by atoms with Crippen LogP contribution in [0.1, 0.15) is 11.1 Å². The van der Waals surface area contributed by atoms with E-state index in [2.05, 4.69) is 121 Å². The number of rotatable bonds is 3. The summed E-state index contributed by atoms with van der Waals surface area (Å²) in [7, 11) is 0. The topological polar surface area (TPSA) is 38.9 Å². The molecule has 0 atom stereocenters. The normalized spacial score (nSPS) is 12.3. The quantitative estimate of drug-likeness (QED) is 0.207. The third kappa shape index (κ3) is 3.79. The summed E-state index contributed by atoms with van der Waals surface area (Å²) < 4.78 is 6.19. The minimum atomic E-state index is 0.685. The summed E-state index contributed by atoms with van der Waals surface area (Å²) in [5.41, 5.74) is 13.6. The van der Waals surface area contributed by atoms with Crippen LogP contribution in [0.5, 0.6) is 0 Å². The van der Waals surface area contributed by atoms with Crippen molar-refractivity contribution in [3.8, 4) is 44.9 Å². The lowest BCUT2D eigenvalue weighted by Gasteiger charge is -2.13. The average Bonchev–Trinajstić information content (AvgIpc) is 3.69. The van der Waals surface area contributed by atoms with Gasteiger partial charge in [0.05, 0.1) is 11.2 Å². The molecule has 1 aliphatic carbocycles. The molecule has 2 heterocycles. The van der Waals surface area contributed by atoms with Crippen LogP contribution >= 0.6 is 0 Å². The van der Waals surface area contributed by atoms with E-state index in [1.165, 1.54) is 44.2 Å². The Balaban J connectivity index is 1.09. The van der Waals surface area contributed by atoms with Crippen LogP contribution in [0.4, 0.5) is 0 Å². The maximum atomic E-state index is 6.19. The largest absolute Gasteiger partial charge is 0.456 e. The van der Waals surface area contributed by atoms with Gasteiger partial charge in [0.15, 0.2) is 5.82 Å². The molecule has 9 aromatic rings. The number of para-hydroxylation sites is 2. The van der Waals surface area contributed by atoms with Gasteiger partial charge in [-0.15, -0.1) is 0 Å². The Morgan fingerprint density at radius 1 is 0.478 bits per heavy atom.